The Morgan fingerprint density at radius 2 is 1.75 bits per heavy atom. The molecule has 0 aromatic heterocycles. The van der Waals surface area contributed by atoms with Crippen LogP contribution in [0.2, 0.25) is 5.02 Å². The summed E-state index contributed by atoms with van der Waals surface area (Å²) >= 11 is 5.95. The molecule has 10 heteroatoms. The fourth-order valence-electron chi connectivity index (χ4n) is 3.26. The molecule has 1 aliphatic rings. The second-order valence-corrected chi connectivity index (χ2v) is 8.85. The molecule has 3 rings (SSSR count). The van der Waals surface area contributed by atoms with E-state index >= 15 is 0 Å². The van der Waals surface area contributed by atoms with Crippen molar-refractivity contribution in [2.75, 3.05) is 6.54 Å². The minimum absolute atomic E-state index is 0.0871. The Balaban J connectivity index is 1.91. The summed E-state index contributed by atoms with van der Waals surface area (Å²) in [6.45, 7) is 4.31. The zero-order valence-corrected chi connectivity index (χ0v) is 18.5. The van der Waals surface area contributed by atoms with Gasteiger partial charge in [0.1, 0.15) is 11.4 Å². The molecule has 0 radical (unpaired) electrons. The van der Waals surface area contributed by atoms with E-state index < -0.39 is 46.6 Å². The van der Waals surface area contributed by atoms with Crippen molar-refractivity contribution in [3.8, 4) is 11.1 Å². The Morgan fingerprint density at radius 3 is 2.25 bits per heavy atom. The number of nitrogens with zero attached hydrogens (tertiary/aromatic N) is 2. The number of quaternary nitrogens is 1. The van der Waals surface area contributed by atoms with Crippen molar-refractivity contribution in [3.63, 3.8) is 0 Å². The van der Waals surface area contributed by atoms with Crippen LogP contribution in [0.3, 0.4) is 0 Å². The molecule has 2 N–H and O–H groups in total. The number of carboxylic acids is 1. The fourth-order valence-corrected chi connectivity index (χ4v) is 3.43. The number of hydrogen-bond donors (Lipinski definition) is 2. The molecule has 1 heterocycles. The molecule has 2 aromatic rings. The number of carbonyl (C=O) groups excluding carboxylic acids is 2. The first kappa shape index (κ1) is 24.0. The van der Waals surface area contributed by atoms with Gasteiger partial charge in [-0.3, -0.25) is 0 Å². The van der Waals surface area contributed by atoms with Gasteiger partial charge in [0.15, 0.2) is 6.10 Å². The van der Waals surface area contributed by atoms with E-state index in [-0.39, 0.29) is 6.54 Å². The quantitative estimate of drug-likeness (QED) is 0.351. The van der Waals surface area contributed by atoms with Crippen molar-refractivity contribution < 1.29 is 38.6 Å². The first-order valence-electron chi connectivity index (χ1n) is 9.75. The molecule has 0 saturated carbocycles. The minimum Gasteiger partial charge on any atom is -0.479 e. The number of amides is 2. The zero-order chi connectivity index (χ0) is 23.8. The fraction of sp³-hybridized carbons (Fsp3) is 0.318. The number of benzene rings is 2. The van der Waals surface area contributed by atoms with Crippen LogP contribution in [0.15, 0.2) is 42.5 Å². The highest BCUT2D eigenvalue weighted by Gasteiger charge is 2.79. The standard InChI is InChI=1S/C22H22ClFN2O6/c1-22(2,3)32-26(19(28)20(26)29)25(12-18(27)21(30)31)11-13-4-6-14(7-5-13)16-10-15(23)8-9-17(16)24/h4-10,18,27H,11-12H2,1-3H3/p+1/t18-/m1/s1. The smallest absolute Gasteiger partial charge is 0.479 e. The molecule has 1 atom stereocenters. The lowest BCUT2D eigenvalue weighted by atomic mass is 10.0. The van der Waals surface area contributed by atoms with E-state index in [0.29, 0.717) is 21.7 Å². The average molecular weight is 466 g/mol. The van der Waals surface area contributed by atoms with Crippen LogP contribution in [0.25, 0.3) is 11.1 Å². The van der Waals surface area contributed by atoms with Gasteiger partial charge in [0.2, 0.25) is 0 Å². The van der Waals surface area contributed by atoms with Gasteiger partial charge in [-0.05, 0) is 50.1 Å². The Kier molecular flexibility index (Phi) is 6.50. The third-order valence-corrected chi connectivity index (χ3v) is 4.95. The molecule has 170 valence electrons. The summed E-state index contributed by atoms with van der Waals surface area (Å²) in [5, 5.41) is 20.6. The number of imide groups is 1. The van der Waals surface area contributed by atoms with Crippen LogP contribution in [0.5, 0.6) is 0 Å². The molecular weight excluding hydrogens is 443 g/mol. The van der Waals surface area contributed by atoms with Crippen LogP contribution in [-0.4, -0.2) is 56.0 Å². The van der Waals surface area contributed by atoms with Crippen LogP contribution < -0.4 is 0 Å². The molecular formula is C22H23ClFN2O6+. The number of hydrogen-bond acceptors (Lipinski definition) is 6. The molecule has 2 aromatic carbocycles. The molecule has 0 spiro atoms. The lowest BCUT2D eigenvalue weighted by molar-refractivity contribution is -1.04. The highest BCUT2D eigenvalue weighted by atomic mass is 35.5. The summed E-state index contributed by atoms with van der Waals surface area (Å²) in [6.07, 6.45) is -1.85. The number of aliphatic carboxylic acids is 1. The van der Waals surface area contributed by atoms with E-state index in [9.17, 15) is 23.9 Å². The van der Waals surface area contributed by atoms with Gasteiger partial charge in [0.05, 0.1) is 13.1 Å². The number of halogens is 2. The SMILES string of the molecule is CC(C)(C)O[N+]1(N(Cc2ccc(-c3cc(Cl)ccc3F)cc2)C[C@@H](O)C(=O)O)C(=O)C1=O. The largest absolute Gasteiger partial charge is 0.509 e. The van der Waals surface area contributed by atoms with E-state index in [0.717, 1.165) is 5.01 Å². The maximum atomic E-state index is 14.1. The van der Waals surface area contributed by atoms with Gasteiger partial charge in [-0.25, -0.2) is 18.8 Å². The van der Waals surface area contributed by atoms with Crippen LogP contribution in [0, 0.1) is 5.82 Å². The van der Waals surface area contributed by atoms with Crippen LogP contribution in [0.1, 0.15) is 26.3 Å². The number of aliphatic hydroxyl groups is 1. The highest BCUT2D eigenvalue weighted by Crippen LogP contribution is 2.36. The molecule has 0 unspecified atom stereocenters. The monoisotopic (exact) mass is 465 g/mol. The summed E-state index contributed by atoms with van der Waals surface area (Å²) in [5.41, 5.74) is 0.524. The Bertz CT molecular complexity index is 1050. The second kappa shape index (κ2) is 8.68. The van der Waals surface area contributed by atoms with E-state index in [1.807, 2.05) is 0 Å². The Labute approximate surface area is 188 Å². The molecule has 1 saturated heterocycles. The first-order valence-corrected chi connectivity index (χ1v) is 10.1. The molecule has 1 fully saturated rings. The minimum atomic E-state index is -1.85. The zero-order valence-electron chi connectivity index (χ0n) is 17.7. The predicted molar refractivity (Wildman–Crippen MR) is 112 cm³/mol. The third kappa shape index (κ3) is 4.87. The summed E-state index contributed by atoms with van der Waals surface area (Å²) < 4.78 is 13.0. The van der Waals surface area contributed by atoms with Crippen LogP contribution in [-0.2, 0) is 25.8 Å². The average Bonchev–Trinajstić information content (AvgIpc) is 3.22. The third-order valence-electron chi connectivity index (χ3n) is 4.71. The lowest BCUT2D eigenvalue weighted by Crippen LogP contribution is -2.54. The molecule has 0 aliphatic carbocycles. The second-order valence-electron chi connectivity index (χ2n) is 8.41. The van der Waals surface area contributed by atoms with E-state index in [1.165, 1.54) is 18.2 Å². The molecule has 8 nitrogen and oxygen atoms in total. The van der Waals surface area contributed by atoms with Crippen molar-refractivity contribution in [2.45, 2.75) is 39.0 Å². The van der Waals surface area contributed by atoms with Gasteiger partial charge in [0.25, 0.3) is 0 Å². The van der Waals surface area contributed by atoms with Gasteiger partial charge in [-0.1, -0.05) is 40.9 Å². The Morgan fingerprint density at radius 1 is 1.16 bits per heavy atom. The predicted octanol–water partition coefficient (Wildman–Crippen LogP) is 2.92. The van der Waals surface area contributed by atoms with Crippen molar-refractivity contribution >= 4 is 29.4 Å². The molecule has 0 bridgehead atoms. The van der Waals surface area contributed by atoms with Gasteiger partial charge in [-0.2, -0.15) is 4.84 Å². The number of hydroxylamine groups is 2. The van der Waals surface area contributed by atoms with Crippen molar-refractivity contribution in [3.05, 3.63) is 58.9 Å². The van der Waals surface area contributed by atoms with Crippen molar-refractivity contribution in [1.82, 2.24) is 5.01 Å². The van der Waals surface area contributed by atoms with Gasteiger partial charge < -0.3 is 10.2 Å². The Hall–Kier alpha value is -2.69. The summed E-state index contributed by atoms with van der Waals surface area (Å²) in [7, 11) is 0. The number of aliphatic hydroxyl groups excluding tert-OH is 1. The molecule has 2 amide bonds. The lowest BCUT2D eigenvalue weighted by Gasteiger charge is -2.30. The maximum absolute atomic E-state index is 14.1. The van der Waals surface area contributed by atoms with Crippen molar-refractivity contribution in [1.29, 1.82) is 0 Å². The van der Waals surface area contributed by atoms with E-state index in [1.54, 1.807) is 45.0 Å². The molecule has 32 heavy (non-hydrogen) atoms. The van der Waals surface area contributed by atoms with E-state index in [4.69, 9.17) is 21.5 Å². The first-order chi connectivity index (χ1) is 14.8. The van der Waals surface area contributed by atoms with E-state index in [2.05, 4.69) is 0 Å². The van der Waals surface area contributed by atoms with Gasteiger partial charge in [0, 0.05) is 15.3 Å². The van der Waals surface area contributed by atoms with Gasteiger partial charge in [-0.15, -0.1) is 0 Å². The van der Waals surface area contributed by atoms with Crippen LogP contribution >= 0.6 is 11.6 Å². The van der Waals surface area contributed by atoms with Gasteiger partial charge >= 0.3 is 17.8 Å². The number of carbonyl (C=O) groups is 3. The topological polar surface area (TPSA) is 104 Å². The normalized spacial score (nSPS) is 16.3. The van der Waals surface area contributed by atoms with Crippen molar-refractivity contribution in [2.24, 2.45) is 0 Å². The number of rotatable bonds is 8. The maximum Gasteiger partial charge on any atom is 0.509 e. The summed E-state index contributed by atoms with van der Waals surface area (Å²) in [5.74, 6) is -3.68. The molecule has 1 aliphatic heterocycles. The number of carboxylic acid groups (broad SMARTS) is 1. The summed E-state index contributed by atoms with van der Waals surface area (Å²) in [4.78, 5) is 41.5. The highest BCUT2D eigenvalue weighted by molar-refractivity contribution is 6.44. The summed E-state index contributed by atoms with van der Waals surface area (Å²) in [6, 6.07) is 10.7. The van der Waals surface area contributed by atoms with Crippen LogP contribution in [0.4, 0.5) is 4.39 Å².